The first kappa shape index (κ1) is 27.0. The van der Waals surface area contributed by atoms with Crippen molar-refractivity contribution in [3.8, 4) is 5.69 Å². The monoisotopic (exact) mass is 686 g/mol. The average Bonchev–Trinajstić information content (AvgIpc) is 3.82. The molecule has 1 atom stereocenters. The first-order valence-electron chi connectivity index (χ1n) is 14.8. The Labute approximate surface area is 275 Å². The second-order valence-electron chi connectivity index (χ2n) is 11.3. The van der Waals surface area contributed by atoms with Gasteiger partial charge >= 0.3 is 20.4 Å². The smallest absolute Gasteiger partial charge is 0.455 e. The first-order valence-corrected chi connectivity index (χ1v) is 14.8. The Morgan fingerprint density at radius 2 is 1.41 bits per heavy atom. The fraction of sp³-hybridized carbons (Fsp3) is 0.0256. The molecular formula is C39H21FN4OPd. The van der Waals surface area contributed by atoms with Gasteiger partial charge in [0.25, 0.3) is 0 Å². The van der Waals surface area contributed by atoms with E-state index in [-0.39, 0.29) is 20.4 Å². The summed E-state index contributed by atoms with van der Waals surface area (Å²) in [5, 5.41) is 6.91. The Balaban J connectivity index is 0.00000292. The Bertz CT molecular complexity index is 2810. The molecule has 0 saturated heterocycles. The van der Waals surface area contributed by atoms with Crippen molar-refractivity contribution in [3.05, 3.63) is 145 Å². The van der Waals surface area contributed by atoms with Crippen molar-refractivity contribution in [2.75, 3.05) is 0 Å². The van der Waals surface area contributed by atoms with Gasteiger partial charge in [-0.25, -0.2) is 9.37 Å². The molecule has 10 aromatic rings. The first-order chi connectivity index (χ1) is 22.2. The maximum atomic E-state index is 16.5. The molecule has 0 aliphatic heterocycles. The van der Waals surface area contributed by atoms with Crippen LogP contribution in [0.1, 0.15) is 17.3 Å². The van der Waals surface area contributed by atoms with Crippen molar-refractivity contribution >= 4 is 71.2 Å². The molecule has 5 aromatic carbocycles. The summed E-state index contributed by atoms with van der Waals surface area (Å²) in [6, 6.07) is 40.6. The van der Waals surface area contributed by atoms with E-state index in [0.717, 1.165) is 71.2 Å². The molecule has 220 valence electrons. The molecule has 0 bridgehead atoms. The Kier molecular flexibility index (Phi) is 5.92. The van der Waals surface area contributed by atoms with E-state index in [9.17, 15) is 0 Å². The van der Waals surface area contributed by atoms with Crippen LogP contribution in [0.4, 0.5) is 4.39 Å². The SMILES string of the molecule is FC(c1[c-]c(-n2c3ccc4c5ccccc5oc4c3c3cccnc32)ccc1)c1[c-]c2c(cc1)c1ccccc1n1ccnc21.[Pd+2]. The fourth-order valence-corrected chi connectivity index (χ4v) is 6.93. The molecule has 10 rings (SSSR count). The molecular weight excluding hydrogens is 666 g/mol. The minimum atomic E-state index is -1.45. The number of halogens is 1. The molecule has 0 fully saturated rings. The number of imidazole rings is 1. The van der Waals surface area contributed by atoms with Crippen LogP contribution in [0.25, 0.3) is 76.9 Å². The average molecular weight is 687 g/mol. The number of benzene rings is 5. The van der Waals surface area contributed by atoms with Crippen molar-refractivity contribution in [1.82, 2.24) is 18.9 Å². The van der Waals surface area contributed by atoms with Crippen molar-refractivity contribution < 1.29 is 29.2 Å². The van der Waals surface area contributed by atoms with Crippen molar-refractivity contribution in [2.24, 2.45) is 0 Å². The molecule has 5 nitrogen and oxygen atoms in total. The Morgan fingerprint density at radius 3 is 2.35 bits per heavy atom. The van der Waals surface area contributed by atoms with Crippen LogP contribution in [-0.2, 0) is 20.4 Å². The quantitative estimate of drug-likeness (QED) is 0.106. The summed E-state index contributed by atoms with van der Waals surface area (Å²) >= 11 is 0. The molecule has 1 unspecified atom stereocenters. The Hall–Kier alpha value is -5.35. The number of alkyl halides is 1. The van der Waals surface area contributed by atoms with E-state index in [1.165, 1.54) is 0 Å². The molecule has 0 amide bonds. The molecule has 0 spiro atoms. The molecule has 0 radical (unpaired) electrons. The van der Waals surface area contributed by atoms with Gasteiger partial charge in [-0.05, 0) is 41.8 Å². The number of fused-ring (bicyclic) bond motifs is 13. The van der Waals surface area contributed by atoms with Crippen LogP contribution in [0.2, 0.25) is 0 Å². The maximum Gasteiger partial charge on any atom is 2.00 e. The molecule has 0 saturated carbocycles. The molecule has 0 N–H and O–H groups in total. The summed E-state index contributed by atoms with van der Waals surface area (Å²) in [5.74, 6) is 0. The molecule has 46 heavy (non-hydrogen) atoms. The summed E-state index contributed by atoms with van der Waals surface area (Å²) in [7, 11) is 0. The minimum absolute atomic E-state index is 0. The molecule has 5 aromatic heterocycles. The third kappa shape index (κ3) is 3.70. The summed E-state index contributed by atoms with van der Waals surface area (Å²) in [6.07, 6.45) is 4.03. The van der Waals surface area contributed by atoms with Gasteiger partial charge in [-0.2, -0.15) is 18.2 Å². The van der Waals surface area contributed by atoms with E-state index in [1.54, 1.807) is 18.5 Å². The summed E-state index contributed by atoms with van der Waals surface area (Å²) in [4.78, 5) is 9.36. The van der Waals surface area contributed by atoms with Gasteiger partial charge in [0.05, 0.1) is 16.6 Å². The van der Waals surface area contributed by atoms with E-state index in [4.69, 9.17) is 9.40 Å². The zero-order chi connectivity index (χ0) is 29.6. The van der Waals surface area contributed by atoms with Gasteiger partial charge in [0.15, 0.2) is 0 Å². The summed E-state index contributed by atoms with van der Waals surface area (Å²) in [6.45, 7) is 0. The van der Waals surface area contributed by atoms with Gasteiger partial charge in [0, 0.05) is 40.3 Å². The third-order valence-electron chi connectivity index (χ3n) is 8.91. The number of para-hydroxylation sites is 2. The van der Waals surface area contributed by atoms with E-state index >= 15 is 4.39 Å². The van der Waals surface area contributed by atoms with Gasteiger partial charge in [-0.1, -0.05) is 58.4 Å². The Morgan fingerprint density at radius 1 is 0.630 bits per heavy atom. The zero-order valence-corrected chi connectivity index (χ0v) is 25.6. The fourth-order valence-electron chi connectivity index (χ4n) is 6.93. The second kappa shape index (κ2) is 10.1. The van der Waals surface area contributed by atoms with Crippen LogP contribution in [0, 0.1) is 12.1 Å². The predicted octanol–water partition coefficient (Wildman–Crippen LogP) is 9.69. The van der Waals surface area contributed by atoms with E-state index in [0.29, 0.717) is 16.8 Å². The predicted molar refractivity (Wildman–Crippen MR) is 177 cm³/mol. The standard InChI is InChI=1S/C39H21FN4O.Pd/c40-36(24-14-15-26-27-9-1-3-12-32(27)43-20-19-42-38(43)31(26)22-24)23-7-5-8-25(21-23)44-33-17-16-29-28-10-2-4-13-34(28)45-37(29)35(33)30-11-6-18-41-39(30)44;/h1-20,36H;/q-2;+2. The van der Waals surface area contributed by atoms with Crippen LogP contribution in [0.5, 0.6) is 0 Å². The van der Waals surface area contributed by atoms with Crippen molar-refractivity contribution in [2.45, 2.75) is 6.17 Å². The van der Waals surface area contributed by atoms with E-state index in [1.807, 2.05) is 75.8 Å². The summed E-state index contributed by atoms with van der Waals surface area (Å²) < 4.78 is 27.0. The third-order valence-corrected chi connectivity index (χ3v) is 8.91. The molecule has 0 aliphatic carbocycles. The van der Waals surface area contributed by atoms with Gasteiger partial charge in [0.2, 0.25) is 0 Å². The summed E-state index contributed by atoms with van der Waals surface area (Å²) in [5.41, 5.74) is 6.69. The number of nitrogens with zero attached hydrogens (tertiary/aromatic N) is 4. The van der Waals surface area contributed by atoms with Crippen LogP contribution < -0.4 is 0 Å². The van der Waals surface area contributed by atoms with Gasteiger partial charge in [-0.3, -0.25) is 4.98 Å². The van der Waals surface area contributed by atoms with Gasteiger partial charge < -0.3 is 13.4 Å². The van der Waals surface area contributed by atoms with Gasteiger partial charge in [0.1, 0.15) is 23.0 Å². The van der Waals surface area contributed by atoms with E-state index in [2.05, 4.69) is 53.5 Å². The number of hydrogen-bond acceptors (Lipinski definition) is 3. The zero-order valence-electron chi connectivity index (χ0n) is 24.0. The molecule has 5 heterocycles. The largest absolute Gasteiger partial charge is 2.00 e. The number of hydrogen-bond donors (Lipinski definition) is 0. The number of pyridine rings is 2. The van der Waals surface area contributed by atoms with Crippen LogP contribution in [0.15, 0.2) is 126 Å². The number of aromatic nitrogens is 4. The van der Waals surface area contributed by atoms with Gasteiger partial charge in [-0.15, -0.1) is 29.8 Å². The normalized spacial score (nSPS) is 12.6. The maximum absolute atomic E-state index is 16.5. The second-order valence-corrected chi connectivity index (χ2v) is 11.3. The molecule has 0 aliphatic rings. The van der Waals surface area contributed by atoms with Crippen LogP contribution in [0.3, 0.4) is 0 Å². The number of furan rings is 1. The number of rotatable bonds is 3. The van der Waals surface area contributed by atoms with Crippen molar-refractivity contribution in [3.63, 3.8) is 0 Å². The minimum Gasteiger partial charge on any atom is -0.455 e. The van der Waals surface area contributed by atoms with Crippen LogP contribution >= 0.6 is 0 Å². The van der Waals surface area contributed by atoms with E-state index < -0.39 is 6.17 Å². The molecule has 7 heteroatoms. The van der Waals surface area contributed by atoms with Crippen LogP contribution in [-0.4, -0.2) is 18.9 Å². The topological polar surface area (TPSA) is 48.3 Å². The van der Waals surface area contributed by atoms with Crippen molar-refractivity contribution in [1.29, 1.82) is 0 Å².